The summed E-state index contributed by atoms with van der Waals surface area (Å²) in [5.74, 6) is 0. The molecule has 0 saturated carbocycles. The average molecular weight is 612 g/mol. The number of rotatable bonds is 13. The van der Waals surface area contributed by atoms with Gasteiger partial charge in [0.2, 0.25) is 0 Å². The van der Waals surface area contributed by atoms with Crippen LogP contribution in [0, 0.1) is 0 Å². The standard InChI is InChI=1S/C41H49N5/c1-4-7-10-13-30-33-20-22-35(43-33)31(14-11-8-5-2)37-24-26-39(45-37)41(28-16-18-29(42)19-17-28)40-27-25-38(46-40)32(15-12-9-6-3)36-23-21-34(30)44-36/h16-27,45-46H,4-15,42H2,1-3H3. The normalized spacial score (nSPS) is 12.3. The van der Waals surface area contributed by atoms with E-state index in [2.05, 4.69) is 91.4 Å². The second-order valence-corrected chi connectivity index (χ2v) is 12.8. The topological polar surface area (TPSA) is 83.4 Å². The fourth-order valence-electron chi connectivity index (χ4n) is 6.78. The van der Waals surface area contributed by atoms with Gasteiger partial charge in [0.15, 0.2) is 0 Å². The van der Waals surface area contributed by atoms with Crippen molar-refractivity contribution < 1.29 is 0 Å². The molecule has 0 amide bonds. The zero-order valence-electron chi connectivity index (χ0n) is 27.9. The molecule has 8 bridgehead atoms. The molecule has 0 fully saturated rings. The highest BCUT2D eigenvalue weighted by Crippen LogP contribution is 2.33. The number of aromatic amines is 2. The average Bonchev–Trinajstić information content (AvgIpc) is 3.89. The Labute approximate surface area is 274 Å². The first-order valence-corrected chi connectivity index (χ1v) is 17.6. The maximum absolute atomic E-state index is 6.13. The van der Waals surface area contributed by atoms with Gasteiger partial charge >= 0.3 is 0 Å². The van der Waals surface area contributed by atoms with E-state index < -0.39 is 0 Å². The molecule has 238 valence electrons. The van der Waals surface area contributed by atoms with Crippen LogP contribution in [-0.2, 0) is 19.3 Å². The van der Waals surface area contributed by atoms with Gasteiger partial charge in [-0.05, 0) is 105 Å². The number of unbranched alkanes of at least 4 members (excludes halogenated alkanes) is 6. The van der Waals surface area contributed by atoms with Crippen LogP contribution in [-0.4, -0.2) is 19.9 Å². The van der Waals surface area contributed by atoms with Crippen molar-refractivity contribution >= 4 is 52.1 Å². The Kier molecular flexibility index (Phi) is 10.2. The lowest BCUT2D eigenvalue weighted by molar-refractivity contribution is 0.712. The summed E-state index contributed by atoms with van der Waals surface area (Å²) in [6, 6.07) is 17.1. The Hall–Kier alpha value is -4.38. The molecule has 0 saturated heterocycles. The third-order valence-electron chi connectivity index (χ3n) is 9.37. The summed E-state index contributed by atoms with van der Waals surface area (Å²) in [6.45, 7) is 6.79. The van der Waals surface area contributed by atoms with Crippen molar-refractivity contribution in [3.05, 3.63) is 88.0 Å². The molecule has 1 aromatic carbocycles. The molecule has 4 N–H and O–H groups in total. The smallest absolute Gasteiger partial charge is 0.0691 e. The molecule has 0 unspecified atom stereocenters. The highest BCUT2D eigenvalue weighted by atomic mass is 14.8. The number of nitrogens with zero attached hydrogens (tertiary/aromatic N) is 2. The van der Waals surface area contributed by atoms with Crippen molar-refractivity contribution in [3.8, 4) is 11.1 Å². The molecular formula is C41H49N5. The van der Waals surface area contributed by atoms with E-state index in [4.69, 9.17) is 15.7 Å². The first kappa shape index (κ1) is 31.6. The number of H-pyrrole nitrogens is 2. The summed E-state index contributed by atoms with van der Waals surface area (Å²) in [5.41, 5.74) is 21.6. The summed E-state index contributed by atoms with van der Waals surface area (Å²) < 4.78 is 0. The molecular weight excluding hydrogens is 562 g/mol. The predicted octanol–water partition coefficient (Wildman–Crippen LogP) is 11.1. The van der Waals surface area contributed by atoms with Gasteiger partial charge in [-0.2, -0.15) is 0 Å². The molecule has 5 heterocycles. The molecule has 46 heavy (non-hydrogen) atoms. The zero-order valence-corrected chi connectivity index (χ0v) is 27.9. The number of fused-ring (bicyclic) bond motifs is 8. The zero-order chi connectivity index (χ0) is 31.9. The van der Waals surface area contributed by atoms with Crippen LogP contribution >= 0.6 is 0 Å². The minimum absolute atomic E-state index is 0.761. The third-order valence-corrected chi connectivity index (χ3v) is 9.37. The number of nitrogen functional groups attached to an aromatic ring is 1. The Bertz CT molecular complexity index is 1780. The molecule has 3 aromatic heterocycles. The maximum atomic E-state index is 6.13. The van der Waals surface area contributed by atoms with Crippen LogP contribution in [0.2, 0.25) is 0 Å². The van der Waals surface area contributed by atoms with Crippen molar-refractivity contribution in [1.82, 2.24) is 19.9 Å². The number of hydrogen-bond acceptors (Lipinski definition) is 3. The van der Waals surface area contributed by atoms with Crippen LogP contribution in [0.4, 0.5) is 5.69 Å². The summed E-state index contributed by atoms with van der Waals surface area (Å²) >= 11 is 0. The molecule has 0 atom stereocenters. The number of aryl methyl sites for hydroxylation is 2. The Morgan fingerprint density at radius 2 is 0.870 bits per heavy atom. The highest BCUT2D eigenvalue weighted by molar-refractivity contribution is 5.94. The van der Waals surface area contributed by atoms with Gasteiger partial charge in [0, 0.05) is 50.0 Å². The Balaban J connectivity index is 1.69. The second kappa shape index (κ2) is 14.8. The van der Waals surface area contributed by atoms with Crippen LogP contribution in [0.5, 0.6) is 0 Å². The van der Waals surface area contributed by atoms with E-state index in [9.17, 15) is 0 Å². The Morgan fingerprint density at radius 1 is 0.478 bits per heavy atom. The van der Waals surface area contributed by atoms with E-state index in [0.717, 1.165) is 100 Å². The molecule has 0 spiro atoms. The SMILES string of the molecule is CCCCCc1c2nc(c(CCCCC)c3ccc([nH]3)c(-c3ccc(N)cc3)c3ccc([nH]3)c(CCCCC)c3nc1C=C3)C=C2. The van der Waals surface area contributed by atoms with Gasteiger partial charge in [0.1, 0.15) is 0 Å². The Morgan fingerprint density at radius 3 is 1.30 bits per heavy atom. The van der Waals surface area contributed by atoms with Crippen LogP contribution < -0.4 is 5.73 Å². The van der Waals surface area contributed by atoms with Crippen molar-refractivity contribution in [2.24, 2.45) is 0 Å². The van der Waals surface area contributed by atoms with E-state index in [-0.39, 0.29) is 0 Å². The minimum atomic E-state index is 0.761. The number of aromatic nitrogens is 4. The minimum Gasteiger partial charge on any atom is -0.399 e. The van der Waals surface area contributed by atoms with Crippen LogP contribution in [0.3, 0.4) is 0 Å². The van der Waals surface area contributed by atoms with Gasteiger partial charge in [-0.25, -0.2) is 9.97 Å². The maximum Gasteiger partial charge on any atom is 0.0691 e. The second-order valence-electron chi connectivity index (χ2n) is 12.8. The largest absolute Gasteiger partial charge is 0.399 e. The van der Waals surface area contributed by atoms with Crippen molar-refractivity contribution in [2.75, 3.05) is 5.73 Å². The molecule has 4 aromatic rings. The predicted molar refractivity (Wildman–Crippen MR) is 198 cm³/mol. The molecule has 5 heteroatoms. The number of hydrogen-bond donors (Lipinski definition) is 3. The van der Waals surface area contributed by atoms with Gasteiger partial charge in [-0.1, -0.05) is 71.4 Å². The molecule has 2 aliphatic rings. The lowest BCUT2D eigenvalue weighted by atomic mass is 10.0. The summed E-state index contributed by atoms with van der Waals surface area (Å²) in [6.07, 6.45) is 22.4. The van der Waals surface area contributed by atoms with Crippen molar-refractivity contribution in [1.29, 1.82) is 0 Å². The fourth-order valence-corrected chi connectivity index (χ4v) is 6.78. The van der Waals surface area contributed by atoms with Gasteiger partial charge in [-0.15, -0.1) is 0 Å². The van der Waals surface area contributed by atoms with E-state index in [0.29, 0.717) is 0 Å². The molecule has 2 aliphatic heterocycles. The lowest BCUT2D eigenvalue weighted by Crippen LogP contribution is -1.97. The molecule has 0 radical (unpaired) electrons. The molecule has 5 nitrogen and oxygen atoms in total. The van der Waals surface area contributed by atoms with Gasteiger partial charge in [-0.3, -0.25) is 0 Å². The monoisotopic (exact) mass is 611 g/mol. The summed E-state index contributed by atoms with van der Waals surface area (Å²) in [5, 5.41) is 0. The van der Waals surface area contributed by atoms with Crippen molar-refractivity contribution in [2.45, 2.75) is 97.8 Å². The summed E-state index contributed by atoms with van der Waals surface area (Å²) in [4.78, 5) is 18.4. The van der Waals surface area contributed by atoms with E-state index in [1.54, 1.807) is 0 Å². The third kappa shape index (κ3) is 6.89. The van der Waals surface area contributed by atoms with Crippen LogP contribution in [0.1, 0.15) is 118 Å². The van der Waals surface area contributed by atoms with Crippen molar-refractivity contribution in [3.63, 3.8) is 0 Å². The number of nitrogens with one attached hydrogen (secondary N) is 2. The first-order chi connectivity index (χ1) is 22.6. The van der Waals surface area contributed by atoms with Gasteiger partial charge in [0.25, 0.3) is 0 Å². The van der Waals surface area contributed by atoms with Gasteiger partial charge in [0.05, 0.1) is 22.8 Å². The van der Waals surface area contributed by atoms with Crippen LogP contribution in [0.15, 0.2) is 48.5 Å². The van der Waals surface area contributed by atoms with E-state index >= 15 is 0 Å². The van der Waals surface area contributed by atoms with E-state index in [1.807, 2.05) is 12.1 Å². The lowest BCUT2D eigenvalue weighted by Gasteiger charge is -2.06. The highest BCUT2D eigenvalue weighted by Gasteiger charge is 2.17. The fraction of sp³-hybridized carbons (Fsp3) is 0.366. The number of benzene rings is 1. The summed E-state index contributed by atoms with van der Waals surface area (Å²) in [7, 11) is 0. The first-order valence-electron chi connectivity index (χ1n) is 17.6. The van der Waals surface area contributed by atoms with Crippen LogP contribution in [0.25, 0.3) is 57.5 Å². The molecule has 6 rings (SSSR count). The quantitative estimate of drug-likeness (QED) is 0.0897. The molecule has 0 aliphatic carbocycles. The number of anilines is 1. The van der Waals surface area contributed by atoms with E-state index in [1.165, 1.54) is 55.2 Å². The number of nitrogens with two attached hydrogens (primary N) is 1. The van der Waals surface area contributed by atoms with Gasteiger partial charge < -0.3 is 15.7 Å².